The molecular formula is C24H28N6O3. The van der Waals surface area contributed by atoms with Crippen molar-refractivity contribution in [2.24, 2.45) is 0 Å². The average molecular weight is 449 g/mol. The van der Waals surface area contributed by atoms with Crippen molar-refractivity contribution >= 4 is 11.0 Å². The fourth-order valence-electron chi connectivity index (χ4n) is 4.45. The maximum absolute atomic E-state index is 5.91. The van der Waals surface area contributed by atoms with Crippen LogP contribution < -0.4 is 14.8 Å². The number of H-pyrrole nitrogens is 1. The molecule has 1 fully saturated rings. The third-order valence-electron chi connectivity index (χ3n) is 6.15. The van der Waals surface area contributed by atoms with Crippen LogP contribution in [-0.2, 0) is 12.8 Å². The van der Waals surface area contributed by atoms with Crippen LogP contribution in [0.4, 0.5) is 0 Å². The highest BCUT2D eigenvalue weighted by Crippen LogP contribution is 2.36. The lowest BCUT2D eigenvalue weighted by Gasteiger charge is -2.21. The summed E-state index contributed by atoms with van der Waals surface area (Å²) in [7, 11) is 3.26. The molecular weight excluding hydrogens is 420 g/mol. The summed E-state index contributed by atoms with van der Waals surface area (Å²) in [5.74, 6) is 2.76. The zero-order valence-corrected chi connectivity index (χ0v) is 19.1. The number of rotatable bonds is 7. The van der Waals surface area contributed by atoms with Crippen LogP contribution in [0.15, 0.2) is 28.8 Å². The van der Waals surface area contributed by atoms with Crippen molar-refractivity contribution in [2.45, 2.75) is 45.1 Å². The monoisotopic (exact) mass is 448 g/mol. The Hall–Kier alpha value is -3.46. The van der Waals surface area contributed by atoms with Gasteiger partial charge in [-0.15, -0.1) is 10.2 Å². The molecule has 9 heteroatoms. The molecule has 0 aliphatic carbocycles. The number of fused-ring (bicyclic) bond motifs is 1. The molecule has 0 saturated carbocycles. The summed E-state index contributed by atoms with van der Waals surface area (Å²) in [6.45, 7) is 3.15. The van der Waals surface area contributed by atoms with Crippen LogP contribution in [0.25, 0.3) is 34.0 Å². The van der Waals surface area contributed by atoms with Crippen LogP contribution in [0.1, 0.15) is 37.6 Å². The minimum Gasteiger partial charge on any atom is -0.493 e. The van der Waals surface area contributed by atoms with E-state index in [1.807, 2.05) is 18.2 Å². The molecule has 5 rings (SSSR count). The molecule has 3 aromatic heterocycles. The van der Waals surface area contributed by atoms with E-state index < -0.39 is 0 Å². The first-order valence-corrected chi connectivity index (χ1v) is 11.4. The Balaban J connectivity index is 1.47. The second-order valence-electron chi connectivity index (χ2n) is 8.21. The van der Waals surface area contributed by atoms with Gasteiger partial charge in [0.05, 0.1) is 37.1 Å². The minimum absolute atomic E-state index is 0.346. The van der Waals surface area contributed by atoms with Crippen molar-refractivity contribution in [3.63, 3.8) is 0 Å². The van der Waals surface area contributed by atoms with Crippen molar-refractivity contribution in [2.75, 3.05) is 20.8 Å². The molecule has 33 heavy (non-hydrogen) atoms. The maximum Gasteiger partial charge on any atom is 0.285 e. The SMILES string of the molecule is CCc1c(-c2ccc(OC)c(OC)c2)[nH]c2cnc(-c3nnc(C[C@@H]4CCCCN4)o3)nc12. The van der Waals surface area contributed by atoms with Crippen LogP contribution in [0.5, 0.6) is 11.5 Å². The van der Waals surface area contributed by atoms with Crippen molar-refractivity contribution < 1.29 is 13.9 Å². The van der Waals surface area contributed by atoms with Gasteiger partial charge >= 0.3 is 0 Å². The lowest BCUT2D eigenvalue weighted by molar-refractivity contribution is 0.355. The number of nitrogens with zero attached hydrogens (tertiary/aromatic N) is 4. The minimum atomic E-state index is 0.346. The number of methoxy groups -OCH3 is 2. The van der Waals surface area contributed by atoms with Gasteiger partial charge < -0.3 is 24.2 Å². The molecule has 1 aliphatic heterocycles. The number of aromatic nitrogens is 5. The number of aromatic amines is 1. The van der Waals surface area contributed by atoms with Gasteiger partial charge in [-0.1, -0.05) is 13.3 Å². The zero-order chi connectivity index (χ0) is 22.8. The lowest BCUT2D eigenvalue weighted by atomic mass is 10.0. The number of piperidine rings is 1. The Morgan fingerprint density at radius 1 is 1.12 bits per heavy atom. The van der Waals surface area contributed by atoms with E-state index in [9.17, 15) is 0 Å². The van der Waals surface area contributed by atoms with E-state index in [1.165, 1.54) is 12.8 Å². The zero-order valence-electron chi connectivity index (χ0n) is 19.1. The quantitative estimate of drug-likeness (QED) is 0.437. The van der Waals surface area contributed by atoms with Crippen LogP contribution >= 0.6 is 0 Å². The van der Waals surface area contributed by atoms with E-state index in [2.05, 4.69) is 32.4 Å². The van der Waals surface area contributed by atoms with Crippen LogP contribution in [-0.4, -0.2) is 52.0 Å². The van der Waals surface area contributed by atoms with Crippen molar-refractivity contribution in [3.8, 4) is 34.5 Å². The largest absolute Gasteiger partial charge is 0.493 e. The number of aryl methyl sites for hydroxylation is 1. The van der Waals surface area contributed by atoms with Crippen molar-refractivity contribution in [3.05, 3.63) is 35.9 Å². The number of hydrogen-bond donors (Lipinski definition) is 2. The third kappa shape index (κ3) is 4.16. The van der Waals surface area contributed by atoms with E-state index >= 15 is 0 Å². The van der Waals surface area contributed by atoms with Gasteiger partial charge in [0.15, 0.2) is 11.5 Å². The second kappa shape index (κ2) is 9.19. The maximum atomic E-state index is 5.91. The van der Waals surface area contributed by atoms with Gasteiger partial charge in [0.1, 0.15) is 0 Å². The number of benzene rings is 1. The van der Waals surface area contributed by atoms with Crippen LogP contribution in [0.3, 0.4) is 0 Å². The van der Waals surface area contributed by atoms with E-state index in [0.717, 1.165) is 53.7 Å². The first-order valence-electron chi connectivity index (χ1n) is 11.4. The molecule has 0 bridgehead atoms. The molecule has 0 spiro atoms. The molecule has 0 amide bonds. The molecule has 0 unspecified atom stereocenters. The van der Waals surface area contributed by atoms with Crippen LogP contribution in [0.2, 0.25) is 0 Å². The standard InChI is InChI=1S/C24H28N6O3/c1-4-16-21(14-8-9-18(31-2)19(11-14)32-3)27-17-13-26-23(28-22(16)17)24-30-29-20(33-24)12-15-7-5-6-10-25-15/h8-9,11,13,15,25,27H,4-7,10,12H2,1-3H3/t15-/m0/s1. The fourth-order valence-corrected chi connectivity index (χ4v) is 4.45. The summed E-state index contributed by atoms with van der Waals surface area (Å²) in [5.41, 5.74) is 4.76. The lowest BCUT2D eigenvalue weighted by Crippen LogP contribution is -2.35. The summed E-state index contributed by atoms with van der Waals surface area (Å²) >= 11 is 0. The Labute approximate surface area is 191 Å². The van der Waals surface area contributed by atoms with Gasteiger partial charge in [0.25, 0.3) is 5.89 Å². The summed E-state index contributed by atoms with van der Waals surface area (Å²) in [6.07, 6.45) is 6.87. The van der Waals surface area contributed by atoms with Gasteiger partial charge in [-0.2, -0.15) is 0 Å². The molecule has 1 aromatic carbocycles. The molecule has 1 atom stereocenters. The van der Waals surface area contributed by atoms with E-state index in [-0.39, 0.29) is 0 Å². The summed E-state index contributed by atoms with van der Waals surface area (Å²) in [4.78, 5) is 12.7. The predicted molar refractivity (Wildman–Crippen MR) is 124 cm³/mol. The Kier molecular flexibility index (Phi) is 5.95. The van der Waals surface area contributed by atoms with E-state index in [4.69, 9.17) is 18.9 Å². The highest BCUT2D eigenvalue weighted by atomic mass is 16.5. The molecule has 4 heterocycles. The molecule has 1 aliphatic rings. The molecule has 172 valence electrons. The second-order valence-corrected chi connectivity index (χ2v) is 8.21. The predicted octanol–water partition coefficient (Wildman–Crippen LogP) is 3.94. The van der Waals surface area contributed by atoms with Crippen molar-refractivity contribution in [1.29, 1.82) is 0 Å². The summed E-state index contributed by atoms with van der Waals surface area (Å²) in [6, 6.07) is 6.25. The molecule has 1 saturated heterocycles. The number of ether oxygens (including phenoxy) is 2. The van der Waals surface area contributed by atoms with Crippen LogP contribution in [0, 0.1) is 0 Å². The Morgan fingerprint density at radius 2 is 2.00 bits per heavy atom. The van der Waals surface area contributed by atoms with Gasteiger partial charge in [-0.25, -0.2) is 9.97 Å². The summed E-state index contributed by atoms with van der Waals surface area (Å²) in [5, 5.41) is 11.9. The molecule has 4 aromatic rings. The normalized spacial score (nSPS) is 16.3. The average Bonchev–Trinajstić information content (AvgIpc) is 3.48. The number of nitrogens with one attached hydrogen (secondary N) is 2. The Bertz CT molecular complexity index is 1260. The fraction of sp³-hybridized carbons (Fsp3) is 0.417. The molecule has 9 nitrogen and oxygen atoms in total. The van der Waals surface area contributed by atoms with E-state index in [1.54, 1.807) is 20.4 Å². The number of hydrogen-bond acceptors (Lipinski definition) is 8. The van der Waals surface area contributed by atoms with E-state index in [0.29, 0.717) is 35.1 Å². The van der Waals surface area contributed by atoms with Gasteiger partial charge in [-0.05, 0) is 44.0 Å². The topological polar surface area (TPSA) is 111 Å². The highest BCUT2D eigenvalue weighted by Gasteiger charge is 2.20. The van der Waals surface area contributed by atoms with Gasteiger partial charge in [0.2, 0.25) is 11.7 Å². The van der Waals surface area contributed by atoms with Gasteiger partial charge in [0, 0.05) is 23.6 Å². The summed E-state index contributed by atoms with van der Waals surface area (Å²) < 4.78 is 16.8. The molecule has 2 N–H and O–H groups in total. The Morgan fingerprint density at radius 3 is 2.76 bits per heavy atom. The molecule has 0 radical (unpaired) electrons. The highest BCUT2D eigenvalue weighted by molar-refractivity contribution is 5.88. The third-order valence-corrected chi connectivity index (χ3v) is 6.15. The smallest absolute Gasteiger partial charge is 0.285 e. The van der Waals surface area contributed by atoms with Gasteiger partial charge in [-0.3, -0.25) is 0 Å². The first-order chi connectivity index (χ1) is 16.2. The first kappa shape index (κ1) is 21.4. The van der Waals surface area contributed by atoms with Crippen molar-refractivity contribution in [1.82, 2.24) is 30.5 Å².